The molecular weight excluding hydrogens is 209 g/mol. The van der Waals surface area contributed by atoms with Crippen LogP contribution in [0.25, 0.3) is 0 Å². The standard InChI is InChI=1S/C12H18FNO2/c1-3-15-6-7-16-12-5-4-10(13)8-11(12)9(2)14/h4-5,8-9H,3,6-7,14H2,1-2H3/t9-/m0/s1. The molecule has 0 amide bonds. The van der Waals surface area contributed by atoms with E-state index in [0.717, 1.165) is 0 Å². The molecule has 90 valence electrons. The van der Waals surface area contributed by atoms with Gasteiger partial charge < -0.3 is 15.2 Å². The Labute approximate surface area is 95.4 Å². The lowest BCUT2D eigenvalue weighted by molar-refractivity contribution is 0.109. The van der Waals surface area contributed by atoms with Crippen molar-refractivity contribution in [3.05, 3.63) is 29.6 Å². The minimum Gasteiger partial charge on any atom is -0.491 e. The maximum atomic E-state index is 13.0. The van der Waals surface area contributed by atoms with Crippen molar-refractivity contribution in [2.75, 3.05) is 19.8 Å². The van der Waals surface area contributed by atoms with Gasteiger partial charge in [-0.15, -0.1) is 0 Å². The predicted octanol–water partition coefficient (Wildman–Crippen LogP) is 2.26. The number of ether oxygens (including phenoxy) is 2. The molecule has 4 heteroatoms. The monoisotopic (exact) mass is 227 g/mol. The summed E-state index contributed by atoms with van der Waals surface area (Å²) in [5, 5.41) is 0. The van der Waals surface area contributed by atoms with Crippen LogP contribution >= 0.6 is 0 Å². The molecule has 1 rings (SSSR count). The van der Waals surface area contributed by atoms with Crippen molar-refractivity contribution in [1.82, 2.24) is 0 Å². The molecule has 1 atom stereocenters. The Balaban J connectivity index is 2.64. The summed E-state index contributed by atoms with van der Waals surface area (Å²) in [6.07, 6.45) is 0. The summed E-state index contributed by atoms with van der Waals surface area (Å²) in [7, 11) is 0. The first-order valence-electron chi connectivity index (χ1n) is 5.40. The van der Waals surface area contributed by atoms with Crippen LogP contribution in [0.1, 0.15) is 25.5 Å². The first-order valence-corrected chi connectivity index (χ1v) is 5.40. The van der Waals surface area contributed by atoms with Gasteiger partial charge in [0, 0.05) is 18.2 Å². The summed E-state index contributed by atoms with van der Waals surface area (Å²) >= 11 is 0. The maximum absolute atomic E-state index is 13.0. The molecule has 0 aliphatic carbocycles. The highest BCUT2D eigenvalue weighted by Crippen LogP contribution is 2.24. The van der Waals surface area contributed by atoms with Crippen LogP contribution in [0.15, 0.2) is 18.2 Å². The third-order valence-corrected chi connectivity index (χ3v) is 2.15. The van der Waals surface area contributed by atoms with Crippen LogP contribution in [-0.2, 0) is 4.74 Å². The predicted molar refractivity (Wildman–Crippen MR) is 61.0 cm³/mol. The topological polar surface area (TPSA) is 44.5 Å². The van der Waals surface area contributed by atoms with Crippen molar-refractivity contribution < 1.29 is 13.9 Å². The van der Waals surface area contributed by atoms with E-state index in [9.17, 15) is 4.39 Å². The van der Waals surface area contributed by atoms with Gasteiger partial charge >= 0.3 is 0 Å². The summed E-state index contributed by atoms with van der Waals surface area (Å²) in [5.74, 6) is 0.320. The highest BCUT2D eigenvalue weighted by atomic mass is 19.1. The normalized spacial score (nSPS) is 12.5. The summed E-state index contributed by atoms with van der Waals surface area (Å²) in [6, 6.07) is 4.11. The summed E-state index contributed by atoms with van der Waals surface area (Å²) < 4.78 is 23.6. The maximum Gasteiger partial charge on any atom is 0.124 e. The molecule has 16 heavy (non-hydrogen) atoms. The number of hydrogen-bond acceptors (Lipinski definition) is 3. The largest absolute Gasteiger partial charge is 0.491 e. The van der Waals surface area contributed by atoms with E-state index in [-0.39, 0.29) is 11.9 Å². The van der Waals surface area contributed by atoms with E-state index < -0.39 is 0 Å². The number of benzene rings is 1. The van der Waals surface area contributed by atoms with Gasteiger partial charge in [-0.05, 0) is 32.0 Å². The molecule has 0 heterocycles. The Kier molecular flexibility index (Phi) is 5.22. The average molecular weight is 227 g/mol. The Morgan fingerprint density at radius 2 is 2.12 bits per heavy atom. The Morgan fingerprint density at radius 3 is 2.75 bits per heavy atom. The zero-order valence-corrected chi connectivity index (χ0v) is 9.70. The summed E-state index contributed by atoms with van der Waals surface area (Å²) in [4.78, 5) is 0. The molecule has 0 spiro atoms. The van der Waals surface area contributed by atoms with Gasteiger partial charge in [0.1, 0.15) is 18.2 Å². The van der Waals surface area contributed by atoms with Gasteiger partial charge in [-0.3, -0.25) is 0 Å². The van der Waals surface area contributed by atoms with Gasteiger partial charge in [0.15, 0.2) is 0 Å². The van der Waals surface area contributed by atoms with E-state index in [4.69, 9.17) is 15.2 Å². The highest BCUT2D eigenvalue weighted by Gasteiger charge is 2.09. The number of nitrogens with two attached hydrogens (primary N) is 1. The van der Waals surface area contributed by atoms with Crippen molar-refractivity contribution >= 4 is 0 Å². The minimum atomic E-state index is -0.301. The molecule has 1 aromatic carbocycles. The van der Waals surface area contributed by atoms with E-state index in [1.54, 1.807) is 13.0 Å². The highest BCUT2D eigenvalue weighted by molar-refractivity contribution is 5.36. The molecule has 0 radical (unpaired) electrons. The van der Waals surface area contributed by atoms with E-state index >= 15 is 0 Å². The van der Waals surface area contributed by atoms with Gasteiger partial charge in [0.2, 0.25) is 0 Å². The van der Waals surface area contributed by atoms with Gasteiger partial charge in [-0.1, -0.05) is 0 Å². The smallest absolute Gasteiger partial charge is 0.124 e. The van der Waals surface area contributed by atoms with Crippen LogP contribution in [0.4, 0.5) is 4.39 Å². The third kappa shape index (κ3) is 3.79. The minimum absolute atomic E-state index is 0.252. The van der Waals surface area contributed by atoms with Crippen molar-refractivity contribution in [2.24, 2.45) is 5.73 Å². The second-order valence-electron chi connectivity index (χ2n) is 3.52. The van der Waals surface area contributed by atoms with E-state index in [0.29, 0.717) is 31.1 Å². The second kappa shape index (κ2) is 6.45. The Morgan fingerprint density at radius 1 is 1.38 bits per heavy atom. The lowest BCUT2D eigenvalue weighted by Crippen LogP contribution is -2.11. The van der Waals surface area contributed by atoms with Crippen LogP contribution in [0.2, 0.25) is 0 Å². The Bertz CT molecular complexity index is 329. The molecule has 0 bridgehead atoms. The van der Waals surface area contributed by atoms with Gasteiger partial charge in [0.05, 0.1) is 6.61 Å². The van der Waals surface area contributed by atoms with Crippen molar-refractivity contribution in [3.8, 4) is 5.75 Å². The van der Waals surface area contributed by atoms with Crippen molar-refractivity contribution in [3.63, 3.8) is 0 Å². The molecule has 0 fully saturated rings. The Hall–Kier alpha value is -1.13. The number of rotatable bonds is 6. The zero-order valence-electron chi connectivity index (χ0n) is 9.70. The van der Waals surface area contributed by atoms with Crippen LogP contribution in [0.3, 0.4) is 0 Å². The first kappa shape index (κ1) is 12.9. The fraction of sp³-hybridized carbons (Fsp3) is 0.500. The molecule has 0 unspecified atom stereocenters. The molecule has 0 aliphatic heterocycles. The molecule has 0 saturated carbocycles. The van der Waals surface area contributed by atoms with E-state index in [2.05, 4.69) is 0 Å². The van der Waals surface area contributed by atoms with Gasteiger partial charge in [0.25, 0.3) is 0 Å². The van der Waals surface area contributed by atoms with Crippen molar-refractivity contribution in [1.29, 1.82) is 0 Å². The summed E-state index contributed by atoms with van der Waals surface area (Å²) in [6.45, 7) is 5.34. The lowest BCUT2D eigenvalue weighted by atomic mass is 10.1. The molecule has 0 aromatic heterocycles. The molecule has 2 N–H and O–H groups in total. The van der Waals surface area contributed by atoms with Gasteiger partial charge in [-0.2, -0.15) is 0 Å². The van der Waals surface area contributed by atoms with Crippen LogP contribution in [-0.4, -0.2) is 19.8 Å². The molecule has 0 aliphatic rings. The van der Waals surface area contributed by atoms with E-state index in [1.807, 2.05) is 6.92 Å². The summed E-state index contributed by atoms with van der Waals surface area (Å²) in [5.41, 5.74) is 6.41. The SMILES string of the molecule is CCOCCOc1ccc(F)cc1[C@H](C)N. The lowest BCUT2D eigenvalue weighted by Gasteiger charge is -2.14. The fourth-order valence-corrected chi connectivity index (χ4v) is 1.36. The van der Waals surface area contributed by atoms with E-state index in [1.165, 1.54) is 12.1 Å². The second-order valence-corrected chi connectivity index (χ2v) is 3.52. The van der Waals surface area contributed by atoms with Crippen LogP contribution in [0, 0.1) is 5.82 Å². The van der Waals surface area contributed by atoms with Gasteiger partial charge in [-0.25, -0.2) is 4.39 Å². The number of hydrogen-bond donors (Lipinski definition) is 1. The van der Waals surface area contributed by atoms with Crippen LogP contribution in [0.5, 0.6) is 5.75 Å². The average Bonchev–Trinajstić information content (AvgIpc) is 2.26. The first-order chi connectivity index (χ1) is 7.65. The zero-order chi connectivity index (χ0) is 12.0. The van der Waals surface area contributed by atoms with Crippen molar-refractivity contribution in [2.45, 2.75) is 19.9 Å². The quantitative estimate of drug-likeness (QED) is 0.758. The van der Waals surface area contributed by atoms with Crippen LogP contribution < -0.4 is 10.5 Å². The molecular formula is C12H18FNO2. The molecule has 3 nitrogen and oxygen atoms in total. The molecule has 0 saturated heterocycles. The molecule has 1 aromatic rings. The fourth-order valence-electron chi connectivity index (χ4n) is 1.36. The number of halogens is 1. The third-order valence-electron chi connectivity index (χ3n) is 2.15.